The van der Waals surface area contributed by atoms with Gasteiger partial charge in [0.1, 0.15) is 23.2 Å². The van der Waals surface area contributed by atoms with Crippen molar-refractivity contribution in [2.45, 2.75) is 26.2 Å². The third-order valence-electron chi connectivity index (χ3n) is 3.67. The molecule has 0 atom stereocenters. The molecule has 0 aliphatic carbocycles. The van der Waals surface area contributed by atoms with Gasteiger partial charge in [-0.15, -0.1) is 5.10 Å². The van der Waals surface area contributed by atoms with Gasteiger partial charge in [-0.2, -0.15) is 0 Å². The summed E-state index contributed by atoms with van der Waals surface area (Å²) >= 11 is 0. The molecule has 0 fully saturated rings. The molecule has 3 rings (SSSR count). The topological polar surface area (TPSA) is 88.8 Å². The molecular weight excluding hydrogens is 325 g/mol. The predicted molar refractivity (Wildman–Crippen MR) is 86.7 cm³/mol. The number of H-pyrrole nitrogens is 1. The van der Waals surface area contributed by atoms with Gasteiger partial charge in [-0.25, -0.2) is 9.37 Å². The standard InChI is InChI=1S/C18H16FN3O3/c1-2-16-20-18(22-21-16)17(24)15(23)10-14-8-7-13(25-14)9-11-3-5-12(19)6-4-11/h3-8H,2,9-10H2,1H3,(H,20,21,22). The van der Waals surface area contributed by atoms with Crippen molar-refractivity contribution in [2.24, 2.45) is 0 Å². The molecule has 25 heavy (non-hydrogen) atoms. The Morgan fingerprint density at radius 3 is 2.52 bits per heavy atom. The number of Topliss-reactive ketones (excluding diaryl/α,β-unsaturated/α-hetero) is 2. The molecule has 0 bridgehead atoms. The third-order valence-corrected chi connectivity index (χ3v) is 3.67. The largest absolute Gasteiger partial charge is 0.465 e. The van der Waals surface area contributed by atoms with Crippen molar-refractivity contribution in [3.8, 4) is 0 Å². The molecule has 7 heteroatoms. The van der Waals surface area contributed by atoms with Gasteiger partial charge in [0, 0.05) is 12.8 Å². The molecule has 0 amide bonds. The number of nitrogens with zero attached hydrogens (tertiary/aromatic N) is 2. The van der Waals surface area contributed by atoms with E-state index in [1.165, 1.54) is 12.1 Å². The Morgan fingerprint density at radius 1 is 1.12 bits per heavy atom. The van der Waals surface area contributed by atoms with Crippen molar-refractivity contribution in [3.63, 3.8) is 0 Å². The highest BCUT2D eigenvalue weighted by Crippen LogP contribution is 2.15. The van der Waals surface area contributed by atoms with E-state index in [0.29, 0.717) is 30.2 Å². The van der Waals surface area contributed by atoms with Gasteiger partial charge in [0.05, 0.1) is 6.42 Å². The van der Waals surface area contributed by atoms with Gasteiger partial charge in [-0.1, -0.05) is 19.1 Å². The van der Waals surface area contributed by atoms with Gasteiger partial charge in [-0.3, -0.25) is 14.7 Å². The molecule has 0 saturated carbocycles. The number of aromatic nitrogens is 3. The van der Waals surface area contributed by atoms with Crippen LogP contribution in [0, 0.1) is 5.82 Å². The summed E-state index contributed by atoms with van der Waals surface area (Å²) in [7, 11) is 0. The Kier molecular flexibility index (Phi) is 4.83. The number of aryl methyl sites for hydroxylation is 1. The zero-order valence-corrected chi connectivity index (χ0v) is 13.6. The van der Waals surface area contributed by atoms with Crippen molar-refractivity contribution in [1.29, 1.82) is 0 Å². The first-order valence-corrected chi connectivity index (χ1v) is 7.86. The van der Waals surface area contributed by atoms with Crippen LogP contribution >= 0.6 is 0 Å². The second kappa shape index (κ2) is 7.21. The molecule has 1 aromatic carbocycles. The van der Waals surface area contributed by atoms with Gasteiger partial charge < -0.3 is 4.42 Å². The van der Waals surface area contributed by atoms with E-state index < -0.39 is 11.6 Å². The third kappa shape index (κ3) is 4.06. The average Bonchev–Trinajstić information content (AvgIpc) is 3.25. The lowest BCUT2D eigenvalue weighted by atomic mass is 10.1. The van der Waals surface area contributed by atoms with Crippen molar-refractivity contribution in [2.75, 3.05) is 0 Å². The highest BCUT2D eigenvalue weighted by atomic mass is 19.1. The van der Waals surface area contributed by atoms with Crippen LogP contribution < -0.4 is 0 Å². The van der Waals surface area contributed by atoms with E-state index in [9.17, 15) is 14.0 Å². The molecule has 2 aromatic heterocycles. The van der Waals surface area contributed by atoms with Crippen LogP contribution in [0.4, 0.5) is 4.39 Å². The second-order valence-corrected chi connectivity index (χ2v) is 5.56. The molecule has 6 nitrogen and oxygen atoms in total. The van der Waals surface area contributed by atoms with E-state index in [-0.39, 0.29) is 18.1 Å². The van der Waals surface area contributed by atoms with E-state index in [4.69, 9.17) is 4.42 Å². The van der Waals surface area contributed by atoms with E-state index >= 15 is 0 Å². The first-order valence-electron chi connectivity index (χ1n) is 7.86. The van der Waals surface area contributed by atoms with Crippen LogP contribution in [0.1, 0.15) is 40.5 Å². The van der Waals surface area contributed by atoms with Crippen molar-refractivity contribution >= 4 is 11.6 Å². The Morgan fingerprint density at radius 2 is 1.84 bits per heavy atom. The monoisotopic (exact) mass is 341 g/mol. The number of benzene rings is 1. The molecule has 0 saturated heterocycles. The number of aromatic amines is 1. The number of nitrogens with one attached hydrogen (secondary N) is 1. The van der Waals surface area contributed by atoms with Gasteiger partial charge >= 0.3 is 0 Å². The summed E-state index contributed by atoms with van der Waals surface area (Å²) < 4.78 is 18.5. The van der Waals surface area contributed by atoms with Gasteiger partial charge in [-0.05, 0) is 29.8 Å². The zero-order valence-electron chi connectivity index (χ0n) is 13.6. The Balaban J connectivity index is 1.63. The minimum Gasteiger partial charge on any atom is -0.465 e. The smallest absolute Gasteiger partial charge is 0.268 e. The summed E-state index contributed by atoms with van der Waals surface area (Å²) in [6, 6.07) is 9.48. The van der Waals surface area contributed by atoms with Crippen LogP contribution in [0.15, 0.2) is 40.8 Å². The summed E-state index contributed by atoms with van der Waals surface area (Å²) in [5.41, 5.74) is 0.887. The van der Waals surface area contributed by atoms with Crippen molar-refractivity contribution in [1.82, 2.24) is 15.2 Å². The summed E-state index contributed by atoms with van der Waals surface area (Å²) in [6.45, 7) is 1.86. The summed E-state index contributed by atoms with van der Waals surface area (Å²) in [6.07, 6.45) is 0.918. The molecule has 3 aromatic rings. The molecule has 0 unspecified atom stereocenters. The van der Waals surface area contributed by atoms with Crippen LogP contribution in [0.25, 0.3) is 0 Å². The van der Waals surface area contributed by atoms with Crippen LogP contribution in [-0.4, -0.2) is 26.7 Å². The van der Waals surface area contributed by atoms with Crippen LogP contribution in [0.5, 0.6) is 0 Å². The van der Waals surface area contributed by atoms with Gasteiger partial charge in [0.25, 0.3) is 5.78 Å². The number of ketones is 2. The average molecular weight is 341 g/mol. The minimum atomic E-state index is -0.743. The lowest BCUT2D eigenvalue weighted by Crippen LogP contribution is -2.18. The summed E-state index contributed by atoms with van der Waals surface area (Å²) in [5, 5.41) is 6.36. The van der Waals surface area contributed by atoms with Crippen LogP contribution in [0.3, 0.4) is 0 Å². The fourth-order valence-corrected chi connectivity index (χ4v) is 2.33. The highest BCUT2D eigenvalue weighted by molar-refractivity contribution is 6.43. The summed E-state index contributed by atoms with van der Waals surface area (Å²) in [5.74, 6) is -0.228. The molecule has 0 aliphatic rings. The maximum absolute atomic E-state index is 12.9. The predicted octanol–water partition coefficient (Wildman–Crippen LogP) is 2.68. The van der Waals surface area contributed by atoms with Gasteiger partial charge in [0.2, 0.25) is 11.6 Å². The summed E-state index contributed by atoms with van der Waals surface area (Å²) in [4.78, 5) is 28.1. The molecule has 128 valence electrons. The maximum Gasteiger partial charge on any atom is 0.268 e. The molecule has 0 aliphatic heterocycles. The Hall–Kier alpha value is -3.09. The van der Waals surface area contributed by atoms with Crippen molar-refractivity contribution < 1.29 is 18.4 Å². The van der Waals surface area contributed by atoms with E-state index in [1.54, 1.807) is 24.3 Å². The number of hydrogen-bond donors (Lipinski definition) is 1. The molecule has 1 N–H and O–H groups in total. The molecular formula is C18H16FN3O3. The number of carbonyl (C=O) groups excluding carboxylic acids is 2. The van der Waals surface area contributed by atoms with Crippen LogP contribution in [-0.2, 0) is 24.1 Å². The number of rotatable bonds is 7. The number of furan rings is 1. The lowest BCUT2D eigenvalue weighted by Gasteiger charge is -1.99. The number of halogens is 1. The highest BCUT2D eigenvalue weighted by Gasteiger charge is 2.22. The fourth-order valence-electron chi connectivity index (χ4n) is 2.33. The Labute approximate surface area is 143 Å². The number of hydrogen-bond acceptors (Lipinski definition) is 5. The fraction of sp³-hybridized carbons (Fsp3) is 0.222. The maximum atomic E-state index is 12.9. The molecule has 0 radical (unpaired) electrons. The van der Waals surface area contributed by atoms with E-state index in [1.807, 2.05) is 6.92 Å². The van der Waals surface area contributed by atoms with Crippen molar-refractivity contribution in [3.05, 3.63) is 70.9 Å². The lowest BCUT2D eigenvalue weighted by molar-refractivity contribution is -0.114. The number of carbonyl (C=O) groups is 2. The van der Waals surface area contributed by atoms with Gasteiger partial charge in [0.15, 0.2) is 0 Å². The SMILES string of the molecule is CCc1nc(C(=O)C(=O)Cc2ccc(Cc3ccc(F)cc3)o2)n[nH]1. The second-order valence-electron chi connectivity index (χ2n) is 5.56. The van der Waals surface area contributed by atoms with E-state index in [2.05, 4.69) is 15.2 Å². The quantitative estimate of drug-likeness (QED) is 0.527. The first-order chi connectivity index (χ1) is 12.0. The molecule has 0 spiro atoms. The van der Waals surface area contributed by atoms with Crippen LogP contribution in [0.2, 0.25) is 0 Å². The first kappa shape index (κ1) is 16.8. The normalized spacial score (nSPS) is 10.8. The zero-order chi connectivity index (χ0) is 17.8. The van der Waals surface area contributed by atoms with E-state index in [0.717, 1.165) is 5.56 Å². The minimum absolute atomic E-state index is 0.125. The Bertz CT molecular complexity index is 896. The molecule has 2 heterocycles.